The predicted octanol–water partition coefficient (Wildman–Crippen LogP) is 4.16. The van der Waals surface area contributed by atoms with E-state index < -0.39 is 5.97 Å². The first-order chi connectivity index (χ1) is 9.06. The van der Waals surface area contributed by atoms with Crippen molar-refractivity contribution in [3.8, 4) is 0 Å². The number of carboxylic acids is 1. The highest BCUT2D eigenvalue weighted by molar-refractivity contribution is 5.86. The van der Waals surface area contributed by atoms with Crippen LogP contribution in [0.1, 0.15) is 49.7 Å². The van der Waals surface area contributed by atoms with Crippen LogP contribution in [0.15, 0.2) is 36.4 Å². The van der Waals surface area contributed by atoms with E-state index in [0.717, 1.165) is 11.5 Å². The van der Waals surface area contributed by atoms with Gasteiger partial charge in [0.2, 0.25) is 0 Å². The van der Waals surface area contributed by atoms with E-state index in [1.807, 2.05) is 12.1 Å². The minimum atomic E-state index is -0.912. The molecule has 0 unspecified atom stereocenters. The van der Waals surface area contributed by atoms with Crippen molar-refractivity contribution in [1.82, 2.24) is 0 Å². The summed E-state index contributed by atoms with van der Waals surface area (Å²) in [6.45, 7) is 5.90. The minimum Gasteiger partial charge on any atom is -0.478 e. The number of hydrogen-bond donors (Lipinski definition) is 1. The van der Waals surface area contributed by atoms with E-state index in [2.05, 4.69) is 25.6 Å². The van der Waals surface area contributed by atoms with Gasteiger partial charge in [-0.2, -0.15) is 0 Å². The summed E-state index contributed by atoms with van der Waals surface area (Å²) in [6.07, 6.45) is 5.63. The molecule has 2 rings (SSSR count). The summed E-state index contributed by atoms with van der Waals surface area (Å²) in [6, 6.07) is 8.40. The molecule has 1 aromatic carbocycles. The molecule has 0 bridgehead atoms. The molecule has 1 fully saturated rings. The SMILES string of the molecule is C=C(Cc1ccc(C2CCC(C)CC2)cc1)C(=O)O. The van der Waals surface area contributed by atoms with E-state index in [9.17, 15) is 4.79 Å². The van der Waals surface area contributed by atoms with Crippen molar-refractivity contribution in [3.05, 3.63) is 47.5 Å². The van der Waals surface area contributed by atoms with Crippen molar-refractivity contribution < 1.29 is 9.90 Å². The third-order valence-corrected chi connectivity index (χ3v) is 4.19. The maximum absolute atomic E-state index is 10.7. The maximum atomic E-state index is 10.7. The van der Waals surface area contributed by atoms with Gasteiger partial charge in [-0.15, -0.1) is 0 Å². The Morgan fingerprint density at radius 3 is 2.32 bits per heavy atom. The molecular formula is C17H22O2. The molecule has 0 spiro atoms. The molecule has 0 amide bonds. The Hall–Kier alpha value is -1.57. The Morgan fingerprint density at radius 1 is 1.21 bits per heavy atom. The summed E-state index contributed by atoms with van der Waals surface area (Å²) in [5.41, 5.74) is 2.68. The highest BCUT2D eigenvalue weighted by Crippen LogP contribution is 2.35. The van der Waals surface area contributed by atoms with Gasteiger partial charge < -0.3 is 5.11 Å². The summed E-state index contributed by atoms with van der Waals surface area (Å²) >= 11 is 0. The van der Waals surface area contributed by atoms with E-state index in [-0.39, 0.29) is 5.57 Å². The molecule has 2 nitrogen and oxygen atoms in total. The van der Waals surface area contributed by atoms with Gasteiger partial charge >= 0.3 is 5.97 Å². The standard InChI is InChI=1S/C17H22O2/c1-12-3-7-15(8-4-12)16-9-5-14(6-10-16)11-13(2)17(18)19/h5-6,9-10,12,15H,2-4,7-8,11H2,1H3,(H,18,19). The van der Waals surface area contributed by atoms with Crippen molar-refractivity contribution in [2.45, 2.75) is 44.9 Å². The van der Waals surface area contributed by atoms with E-state index in [4.69, 9.17) is 5.11 Å². The van der Waals surface area contributed by atoms with Crippen LogP contribution < -0.4 is 0 Å². The van der Waals surface area contributed by atoms with E-state index in [0.29, 0.717) is 12.3 Å². The van der Waals surface area contributed by atoms with Crippen LogP contribution in [-0.4, -0.2) is 11.1 Å². The first kappa shape index (κ1) is 13.9. The van der Waals surface area contributed by atoms with Crippen LogP contribution in [0.3, 0.4) is 0 Å². The van der Waals surface area contributed by atoms with Crippen LogP contribution in [-0.2, 0) is 11.2 Å². The molecule has 0 aliphatic heterocycles. The second-order valence-electron chi connectivity index (χ2n) is 5.78. The van der Waals surface area contributed by atoms with Gasteiger partial charge in [-0.05, 0) is 35.8 Å². The quantitative estimate of drug-likeness (QED) is 0.823. The molecule has 19 heavy (non-hydrogen) atoms. The predicted molar refractivity (Wildman–Crippen MR) is 77.3 cm³/mol. The lowest BCUT2D eigenvalue weighted by Gasteiger charge is -2.26. The lowest BCUT2D eigenvalue weighted by atomic mass is 9.79. The molecule has 0 aromatic heterocycles. The van der Waals surface area contributed by atoms with Crippen molar-refractivity contribution in [3.63, 3.8) is 0 Å². The fraction of sp³-hybridized carbons (Fsp3) is 0.471. The molecule has 0 heterocycles. The zero-order chi connectivity index (χ0) is 13.8. The highest BCUT2D eigenvalue weighted by Gasteiger charge is 2.19. The number of benzene rings is 1. The smallest absolute Gasteiger partial charge is 0.331 e. The van der Waals surface area contributed by atoms with Gasteiger partial charge in [-0.25, -0.2) is 4.79 Å². The summed E-state index contributed by atoms with van der Waals surface area (Å²) in [4.78, 5) is 10.7. The van der Waals surface area contributed by atoms with E-state index in [1.54, 1.807) is 0 Å². The normalized spacial score (nSPS) is 23.0. The van der Waals surface area contributed by atoms with Crippen molar-refractivity contribution in [2.24, 2.45) is 5.92 Å². The van der Waals surface area contributed by atoms with E-state index in [1.165, 1.54) is 31.2 Å². The second kappa shape index (κ2) is 6.05. The van der Waals surface area contributed by atoms with Gasteiger partial charge in [0.1, 0.15) is 0 Å². The highest BCUT2D eigenvalue weighted by atomic mass is 16.4. The Balaban J connectivity index is 1.98. The maximum Gasteiger partial charge on any atom is 0.331 e. The number of aliphatic carboxylic acids is 1. The topological polar surface area (TPSA) is 37.3 Å². The largest absolute Gasteiger partial charge is 0.478 e. The van der Waals surface area contributed by atoms with Crippen LogP contribution in [0.25, 0.3) is 0 Å². The molecule has 0 radical (unpaired) electrons. The first-order valence-electron chi connectivity index (χ1n) is 7.06. The monoisotopic (exact) mass is 258 g/mol. The molecule has 1 aromatic rings. The Morgan fingerprint density at radius 2 is 1.79 bits per heavy atom. The van der Waals surface area contributed by atoms with E-state index >= 15 is 0 Å². The fourth-order valence-corrected chi connectivity index (χ4v) is 2.82. The molecule has 1 saturated carbocycles. The summed E-state index contributed by atoms with van der Waals surface area (Å²) < 4.78 is 0. The molecule has 102 valence electrons. The van der Waals surface area contributed by atoms with Gasteiger partial charge in [0.25, 0.3) is 0 Å². The third kappa shape index (κ3) is 3.69. The lowest BCUT2D eigenvalue weighted by Crippen LogP contribution is -2.10. The molecule has 2 heteroatoms. The van der Waals surface area contributed by atoms with Gasteiger partial charge in [0, 0.05) is 12.0 Å². The molecule has 1 aliphatic carbocycles. The molecule has 1 N–H and O–H groups in total. The minimum absolute atomic E-state index is 0.249. The summed E-state index contributed by atoms with van der Waals surface area (Å²) in [5.74, 6) is 0.646. The molecular weight excluding hydrogens is 236 g/mol. The fourth-order valence-electron chi connectivity index (χ4n) is 2.82. The zero-order valence-electron chi connectivity index (χ0n) is 11.6. The van der Waals surface area contributed by atoms with Gasteiger partial charge in [-0.3, -0.25) is 0 Å². The molecule has 1 aliphatic rings. The van der Waals surface area contributed by atoms with Crippen LogP contribution >= 0.6 is 0 Å². The molecule has 0 saturated heterocycles. The van der Waals surface area contributed by atoms with Crippen LogP contribution in [0, 0.1) is 5.92 Å². The Labute approximate surface area is 115 Å². The zero-order valence-corrected chi connectivity index (χ0v) is 11.6. The molecule has 0 atom stereocenters. The summed E-state index contributed by atoms with van der Waals surface area (Å²) in [5, 5.41) is 8.83. The van der Waals surface area contributed by atoms with Gasteiger partial charge in [0.15, 0.2) is 0 Å². The van der Waals surface area contributed by atoms with Crippen molar-refractivity contribution in [2.75, 3.05) is 0 Å². The van der Waals surface area contributed by atoms with Crippen LogP contribution in [0.4, 0.5) is 0 Å². The average Bonchev–Trinajstić information content (AvgIpc) is 2.40. The average molecular weight is 258 g/mol. The van der Waals surface area contributed by atoms with Crippen molar-refractivity contribution in [1.29, 1.82) is 0 Å². The third-order valence-electron chi connectivity index (χ3n) is 4.19. The van der Waals surface area contributed by atoms with Crippen LogP contribution in [0.2, 0.25) is 0 Å². The van der Waals surface area contributed by atoms with Crippen molar-refractivity contribution >= 4 is 5.97 Å². The number of hydrogen-bond acceptors (Lipinski definition) is 1. The number of rotatable bonds is 4. The Kier molecular flexibility index (Phi) is 4.41. The lowest BCUT2D eigenvalue weighted by molar-refractivity contribution is -0.132. The van der Waals surface area contributed by atoms with Gasteiger partial charge in [0.05, 0.1) is 0 Å². The van der Waals surface area contributed by atoms with Gasteiger partial charge in [-0.1, -0.05) is 50.6 Å². The number of carbonyl (C=O) groups is 1. The van der Waals surface area contributed by atoms with Crippen LogP contribution in [0.5, 0.6) is 0 Å². The first-order valence-corrected chi connectivity index (χ1v) is 7.06. The second-order valence-corrected chi connectivity index (χ2v) is 5.78. The summed E-state index contributed by atoms with van der Waals surface area (Å²) in [7, 11) is 0. The Bertz CT molecular complexity index is 451. The number of carboxylic acid groups (broad SMARTS) is 1.